The number of benzene rings is 3. The van der Waals surface area contributed by atoms with E-state index in [4.69, 9.17) is 9.94 Å². The third-order valence-corrected chi connectivity index (χ3v) is 5.60. The lowest BCUT2D eigenvalue weighted by Gasteiger charge is -2.19. The topological polar surface area (TPSA) is 149 Å². The third kappa shape index (κ3) is 8.98. The van der Waals surface area contributed by atoms with Gasteiger partial charge in [-0.15, -0.1) is 0 Å². The Morgan fingerprint density at radius 2 is 1.49 bits per heavy atom. The van der Waals surface area contributed by atoms with Gasteiger partial charge in [-0.2, -0.15) is 0 Å². The summed E-state index contributed by atoms with van der Waals surface area (Å²) in [5.74, 6) is 5.13. The molecule has 10 nitrogen and oxygen atoms in total. The maximum absolute atomic E-state index is 12.4. The van der Waals surface area contributed by atoms with Crippen LogP contribution in [-0.4, -0.2) is 53.8 Å². The Balaban J connectivity index is 1.49. The van der Waals surface area contributed by atoms with Gasteiger partial charge >= 0.3 is 0 Å². The molecule has 0 fully saturated rings. The summed E-state index contributed by atoms with van der Waals surface area (Å²) in [7, 11) is 1.61. The molecule has 0 aromatic heterocycles. The summed E-state index contributed by atoms with van der Waals surface area (Å²) in [5.41, 5.74) is 4.77. The van der Waals surface area contributed by atoms with Crippen LogP contribution in [0.2, 0.25) is 0 Å². The summed E-state index contributed by atoms with van der Waals surface area (Å²) < 4.78 is 5.13. The summed E-state index contributed by atoms with van der Waals surface area (Å²) in [4.78, 5) is 36.2. The summed E-state index contributed by atoms with van der Waals surface area (Å²) >= 11 is 0. The Labute approximate surface area is 226 Å². The molecule has 202 valence electrons. The number of ether oxygens (including phenoxy) is 1. The van der Waals surface area contributed by atoms with E-state index in [1.54, 1.807) is 43.5 Å². The molecule has 0 aliphatic carbocycles. The minimum absolute atomic E-state index is 0.163. The number of carbonyl (C=O) groups is 3. The number of methoxy groups -OCH3 is 1. The zero-order valence-corrected chi connectivity index (χ0v) is 21.5. The molecule has 6 N–H and O–H groups in total. The van der Waals surface area contributed by atoms with Crippen molar-refractivity contribution in [3.63, 3.8) is 0 Å². The number of amides is 3. The van der Waals surface area contributed by atoms with Crippen molar-refractivity contribution in [3.05, 3.63) is 95.1 Å². The van der Waals surface area contributed by atoms with Gasteiger partial charge in [0, 0.05) is 28.9 Å². The average Bonchev–Trinajstić information content (AvgIpc) is 2.95. The van der Waals surface area contributed by atoms with Gasteiger partial charge in [0.2, 0.25) is 5.91 Å². The second-order valence-corrected chi connectivity index (χ2v) is 8.57. The summed E-state index contributed by atoms with van der Waals surface area (Å²) in [6.07, 6.45) is -1.20. The lowest BCUT2D eigenvalue weighted by atomic mass is 10.1. The molecule has 10 heteroatoms. The van der Waals surface area contributed by atoms with Crippen molar-refractivity contribution in [2.75, 3.05) is 19.0 Å². The first kappa shape index (κ1) is 28.9. The van der Waals surface area contributed by atoms with Crippen LogP contribution in [0.3, 0.4) is 0 Å². The van der Waals surface area contributed by atoms with E-state index in [2.05, 4.69) is 27.8 Å². The van der Waals surface area contributed by atoms with Crippen LogP contribution < -0.4 is 26.2 Å². The molecule has 0 aliphatic heterocycles. The lowest BCUT2D eigenvalue weighted by Crippen LogP contribution is -2.51. The van der Waals surface area contributed by atoms with Crippen LogP contribution in [0.15, 0.2) is 72.8 Å². The second kappa shape index (κ2) is 14.3. The van der Waals surface area contributed by atoms with Crippen LogP contribution >= 0.6 is 0 Å². The van der Waals surface area contributed by atoms with Crippen molar-refractivity contribution in [1.29, 1.82) is 0 Å². The first-order chi connectivity index (χ1) is 18.8. The largest absolute Gasteiger partial charge is 0.497 e. The highest BCUT2D eigenvalue weighted by molar-refractivity contribution is 5.97. The molecule has 0 spiro atoms. The van der Waals surface area contributed by atoms with Crippen LogP contribution in [-0.2, 0) is 16.1 Å². The van der Waals surface area contributed by atoms with Gasteiger partial charge in [0.05, 0.1) is 19.8 Å². The summed E-state index contributed by atoms with van der Waals surface area (Å²) in [6.45, 7) is 2.04. The van der Waals surface area contributed by atoms with Crippen LogP contribution in [0.1, 0.15) is 34.0 Å². The smallest absolute Gasteiger partial charge is 0.268 e. The second-order valence-electron chi connectivity index (χ2n) is 8.57. The number of aliphatic hydroxyl groups excluding tert-OH is 1. The van der Waals surface area contributed by atoms with Crippen molar-refractivity contribution in [2.24, 2.45) is 0 Å². The number of hydroxylamine groups is 1. The molecule has 39 heavy (non-hydrogen) atoms. The summed E-state index contributed by atoms with van der Waals surface area (Å²) in [5, 5.41) is 26.7. The van der Waals surface area contributed by atoms with E-state index in [0.29, 0.717) is 17.8 Å². The van der Waals surface area contributed by atoms with E-state index in [-0.39, 0.29) is 18.0 Å². The first-order valence-electron chi connectivity index (χ1n) is 12.1. The molecule has 3 aromatic carbocycles. The highest BCUT2D eigenvalue weighted by Crippen LogP contribution is 2.12. The number of hydrogen-bond acceptors (Lipinski definition) is 7. The quantitative estimate of drug-likeness (QED) is 0.133. The number of anilines is 1. The maximum atomic E-state index is 12.4. The number of hydrogen-bond donors (Lipinski definition) is 6. The number of rotatable bonds is 10. The Bertz CT molecular complexity index is 1330. The van der Waals surface area contributed by atoms with Gasteiger partial charge in [-0.1, -0.05) is 24.0 Å². The molecule has 0 saturated carbocycles. The van der Waals surface area contributed by atoms with E-state index < -0.39 is 24.0 Å². The van der Waals surface area contributed by atoms with Crippen LogP contribution in [0.5, 0.6) is 5.75 Å². The third-order valence-electron chi connectivity index (χ3n) is 5.60. The Morgan fingerprint density at radius 1 is 0.897 bits per heavy atom. The Morgan fingerprint density at radius 3 is 2.03 bits per heavy atom. The lowest BCUT2D eigenvalue weighted by molar-refractivity contribution is -0.133. The molecule has 2 atom stereocenters. The molecule has 2 unspecified atom stereocenters. The highest BCUT2D eigenvalue weighted by atomic mass is 16.5. The first-order valence-corrected chi connectivity index (χ1v) is 12.1. The minimum Gasteiger partial charge on any atom is -0.497 e. The SMILES string of the molecule is COc1ccc(CNCC(=O)Nc2ccc(C#Cc3ccc(C(=O)NC(C(=O)NO)C(C)O)cc3)cc2)cc1. The molecule has 3 amide bonds. The van der Waals surface area contributed by atoms with Crippen molar-refractivity contribution in [3.8, 4) is 17.6 Å². The molecule has 0 aliphatic rings. The molecular formula is C29H30N4O6. The molecule has 3 aromatic rings. The standard InChI is InChI=1S/C29H30N4O6/c1-19(34)27(29(37)33-38)32-28(36)23-11-5-20(6-12-23)3-4-21-7-13-24(14-8-21)31-26(35)18-30-17-22-9-15-25(39-2)16-10-22/h5-16,19,27,30,34,38H,17-18H2,1-2H3,(H,31,35)(H,32,36)(H,33,37). The highest BCUT2D eigenvalue weighted by Gasteiger charge is 2.25. The summed E-state index contributed by atoms with van der Waals surface area (Å²) in [6, 6.07) is 19.8. The number of aliphatic hydroxyl groups is 1. The van der Waals surface area contributed by atoms with Gasteiger partial charge in [-0.3, -0.25) is 19.6 Å². The van der Waals surface area contributed by atoms with E-state index in [0.717, 1.165) is 16.9 Å². The van der Waals surface area contributed by atoms with Crippen molar-refractivity contribution >= 4 is 23.4 Å². The van der Waals surface area contributed by atoms with Crippen LogP contribution in [0.25, 0.3) is 0 Å². The van der Waals surface area contributed by atoms with Crippen molar-refractivity contribution in [1.82, 2.24) is 16.1 Å². The fourth-order valence-electron chi connectivity index (χ4n) is 3.45. The van der Waals surface area contributed by atoms with Gasteiger partial charge in [0.1, 0.15) is 11.8 Å². The van der Waals surface area contributed by atoms with E-state index in [1.165, 1.54) is 24.5 Å². The van der Waals surface area contributed by atoms with E-state index >= 15 is 0 Å². The molecule has 0 saturated heterocycles. The van der Waals surface area contributed by atoms with Crippen LogP contribution in [0.4, 0.5) is 5.69 Å². The van der Waals surface area contributed by atoms with Crippen molar-refractivity contribution in [2.45, 2.75) is 25.6 Å². The monoisotopic (exact) mass is 530 g/mol. The van der Waals surface area contributed by atoms with Gasteiger partial charge < -0.3 is 25.8 Å². The van der Waals surface area contributed by atoms with Gasteiger partial charge in [0.15, 0.2) is 0 Å². The van der Waals surface area contributed by atoms with Crippen LogP contribution in [0, 0.1) is 11.8 Å². The Hall–Kier alpha value is -4.69. The molecular weight excluding hydrogens is 500 g/mol. The molecule has 3 rings (SSSR count). The maximum Gasteiger partial charge on any atom is 0.268 e. The van der Waals surface area contributed by atoms with Gasteiger partial charge in [-0.25, -0.2) is 5.48 Å². The van der Waals surface area contributed by atoms with E-state index in [1.807, 2.05) is 24.3 Å². The zero-order chi connectivity index (χ0) is 28.2. The van der Waals surface area contributed by atoms with Crippen molar-refractivity contribution < 1.29 is 29.4 Å². The predicted octanol–water partition coefficient (Wildman–Crippen LogP) is 1.81. The zero-order valence-electron chi connectivity index (χ0n) is 21.5. The normalized spacial score (nSPS) is 11.8. The molecule has 0 heterocycles. The number of carbonyl (C=O) groups excluding carboxylic acids is 3. The van der Waals surface area contributed by atoms with Gasteiger partial charge in [0.25, 0.3) is 11.8 Å². The predicted molar refractivity (Wildman–Crippen MR) is 145 cm³/mol. The van der Waals surface area contributed by atoms with E-state index in [9.17, 15) is 19.5 Å². The number of nitrogens with one attached hydrogen (secondary N) is 4. The fourth-order valence-corrected chi connectivity index (χ4v) is 3.45. The van der Waals surface area contributed by atoms with Gasteiger partial charge in [-0.05, 0) is 73.2 Å². The molecule has 0 bridgehead atoms. The fraction of sp³-hybridized carbons (Fsp3) is 0.207. The Kier molecular flexibility index (Phi) is 10.6. The average molecular weight is 531 g/mol. The molecule has 0 radical (unpaired) electrons. The minimum atomic E-state index is -1.30.